The van der Waals surface area contributed by atoms with Crippen molar-refractivity contribution in [1.29, 1.82) is 0 Å². The summed E-state index contributed by atoms with van der Waals surface area (Å²) in [5.41, 5.74) is 1.62. The van der Waals surface area contributed by atoms with E-state index in [0.29, 0.717) is 35.0 Å². The lowest BCUT2D eigenvalue weighted by Crippen LogP contribution is -2.32. The average molecular weight is 432 g/mol. The minimum atomic E-state index is -0.524. The van der Waals surface area contributed by atoms with Crippen molar-refractivity contribution < 1.29 is 23.5 Å². The molecular weight excluding hydrogens is 411 g/mol. The van der Waals surface area contributed by atoms with Gasteiger partial charge in [0.2, 0.25) is 0 Å². The predicted molar refractivity (Wildman–Crippen MR) is 120 cm³/mol. The molecule has 0 bridgehead atoms. The highest BCUT2D eigenvalue weighted by molar-refractivity contribution is 6.46. The molecule has 0 atom stereocenters. The molecule has 4 rings (SSSR count). The van der Waals surface area contributed by atoms with Gasteiger partial charge < -0.3 is 14.8 Å². The van der Waals surface area contributed by atoms with Crippen molar-refractivity contribution in [3.8, 4) is 11.5 Å². The maximum atomic E-state index is 13.5. The molecule has 162 valence electrons. The molecule has 0 fully saturated rings. The standard InChI is InChI=1S/C25H21FN2O4/c1-3-32-19-14-12-18(13-15-19)28-24(29)22(20-6-4-5-7-21(20)31-2)23(25(28)30)27-17-10-8-16(26)9-11-17/h4-15,27H,3H2,1-2H3. The number of methoxy groups -OCH3 is 1. The van der Waals surface area contributed by atoms with E-state index in [-0.39, 0.29) is 11.3 Å². The van der Waals surface area contributed by atoms with Gasteiger partial charge in [-0.25, -0.2) is 9.29 Å². The summed E-state index contributed by atoms with van der Waals surface area (Å²) in [6.45, 7) is 2.38. The molecule has 0 aliphatic carbocycles. The molecule has 3 aromatic rings. The minimum absolute atomic E-state index is 0.0833. The summed E-state index contributed by atoms with van der Waals surface area (Å²) >= 11 is 0. The molecular formula is C25H21FN2O4. The normalized spacial score (nSPS) is 13.5. The van der Waals surface area contributed by atoms with Gasteiger partial charge in [-0.15, -0.1) is 0 Å². The maximum absolute atomic E-state index is 13.5. The number of carbonyl (C=O) groups excluding carboxylic acids is 2. The molecule has 1 heterocycles. The number of carbonyl (C=O) groups is 2. The van der Waals surface area contributed by atoms with Gasteiger partial charge >= 0.3 is 0 Å². The van der Waals surface area contributed by atoms with E-state index in [4.69, 9.17) is 9.47 Å². The molecule has 0 spiro atoms. The number of halogens is 1. The van der Waals surface area contributed by atoms with Crippen molar-refractivity contribution in [2.75, 3.05) is 23.9 Å². The number of rotatable bonds is 7. The lowest BCUT2D eigenvalue weighted by Gasteiger charge is -2.16. The second-order valence-corrected chi connectivity index (χ2v) is 6.95. The van der Waals surface area contributed by atoms with Crippen LogP contribution in [0.1, 0.15) is 12.5 Å². The van der Waals surface area contributed by atoms with Crippen molar-refractivity contribution in [3.63, 3.8) is 0 Å². The molecule has 0 unspecified atom stereocenters. The zero-order valence-corrected chi connectivity index (χ0v) is 17.6. The van der Waals surface area contributed by atoms with Crippen molar-refractivity contribution in [2.24, 2.45) is 0 Å². The second kappa shape index (κ2) is 8.93. The largest absolute Gasteiger partial charge is 0.496 e. The topological polar surface area (TPSA) is 67.9 Å². The van der Waals surface area contributed by atoms with E-state index in [1.165, 1.54) is 31.4 Å². The van der Waals surface area contributed by atoms with E-state index < -0.39 is 17.6 Å². The van der Waals surface area contributed by atoms with E-state index in [9.17, 15) is 14.0 Å². The van der Waals surface area contributed by atoms with Crippen LogP contribution in [0.15, 0.2) is 78.5 Å². The summed E-state index contributed by atoms with van der Waals surface area (Å²) in [7, 11) is 1.50. The van der Waals surface area contributed by atoms with Gasteiger partial charge in [-0.3, -0.25) is 9.59 Å². The summed E-state index contributed by atoms with van der Waals surface area (Å²) < 4.78 is 24.2. The monoisotopic (exact) mass is 432 g/mol. The van der Waals surface area contributed by atoms with Gasteiger partial charge in [0, 0.05) is 11.3 Å². The van der Waals surface area contributed by atoms with Crippen LogP contribution < -0.4 is 19.7 Å². The third kappa shape index (κ3) is 3.92. The van der Waals surface area contributed by atoms with Crippen LogP contribution in [0.4, 0.5) is 15.8 Å². The maximum Gasteiger partial charge on any atom is 0.282 e. The first-order valence-corrected chi connectivity index (χ1v) is 10.1. The fraction of sp³-hybridized carbons (Fsp3) is 0.120. The van der Waals surface area contributed by atoms with Gasteiger partial charge in [-0.1, -0.05) is 18.2 Å². The molecule has 1 aliphatic heterocycles. The molecule has 0 saturated carbocycles. The second-order valence-electron chi connectivity index (χ2n) is 6.95. The van der Waals surface area contributed by atoms with E-state index in [1.807, 2.05) is 6.92 Å². The molecule has 6 nitrogen and oxygen atoms in total. The zero-order chi connectivity index (χ0) is 22.7. The lowest BCUT2D eigenvalue weighted by atomic mass is 10.0. The molecule has 0 aromatic heterocycles. The fourth-order valence-electron chi connectivity index (χ4n) is 3.52. The molecule has 2 amide bonds. The first-order chi connectivity index (χ1) is 15.5. The number of hydrogen-bond donors (Lipinski definition) is 1. The Kier molecular flexibility index (Phi) is 5.89. The Morgan fingerprint density at radius 3 is 2.25 bits per heavy atom. The first-order valence-electron chi connectivity index (χ1n) is 10.1. The van der Waals surface area contributed by atoms with Crippen LogP contribution in [0.5, 0.6) is 11.5 Å². The number of para-hydroxylation sites is 1. The Bertz CT molecular complexity index is 1190. The Balaban J connectivity index is 1.80. The Labute approximate surface area is 184 Å². The highest BCUT2D eigenvalue weighted by Gasteiger charge is 2.41. The third-order valence-corrected chi connectivity index (χ3v) is 4.98. The Morgan fingerprint density at radius 2 is 1.59 bits per heavy atom. The smallest absolute Gasteiger partial charge is 0.282 e. The number of nitrogens with zero attached hydrogens (tertiary/aromatic N) is 1. The van der Waals surface area contributed by atoms with Gasteiger partial charge in [0.1, 0.15) is 23.0 Å². The Morgan fingerprint density at radius 1 is 0.906 bits per heavy atom. The lowest BCUT2D eigenvalue weighted by molar-refractivity contribution is -0.120. The number of anilines is 2. The highest BCUT2D eigenvalue weighted by atomic mass is 19.1. The van der Waals surface area contributed by atoms with Crippen molar-refractivity contribution >= 4 is 28.8 Å². The van der Waals surface area contributed by atoms with E-state index in [2.05, 4.69) is 5.32 Å². The number of imide groups is 1. The third-order valence-electron chi connectivity index (χ3n) is 4.98. The Hall–Kier alpha value is -4.13. The highest BCUT2D eigenvalue weighted by Crippen LogP contribution is 2.37. The average Bonchev–Trinajstić information content (AvgIpc) is 3.05. The van der Waals surface area contributed by atoms with E-state index in [1.54, 1.807) is 48.5 Å². The molecule has 0 saturated heterocycles. The van der Waals surface area contributed by atoms with Gasteiger partial charge in [-0.05, 0) is 61.5 Å². The minimum Gasteiger partial charge on any atom is -0.496 e. The fourth-order valence-corrected chi connectivity index (χ4v) is 3.52. The van der Waals surface area contributed by atoms with E-state index in [0.717, 1.165) is 4.90 Å². The van der Waals surface area contributed by atoms with Crippen LogP contribution in [0.3, 0.4) is 0 Å². The van der Waals surface area contributed by atoms with Crippen LogP contribution in [0, 0.1) is 5.82 Å². The number of hydrogen-bond acceptors (Lipinski definition) is 5. The first kappa shape index (κ1) is 21.1. The van der Waals surface area contributed by atoms with Gasteiger partial charge in [0.05, 0.1) is 25.0 Å². The summed E-state index contributed by atoms with van der Waals surface area (Å²) in [5.74, 6) is -0.328. The molecule has 3 aromatic carbocycles. The molecule has 32 heavy (non-hydrogen) atoms. The summed E-state index contributed by atoms with van der Waals surface area (Å²) in [5, 5.41) is 3.00. The van der Waals surface area contributed by atoms with Gasteiger partial charge in [0.25, 0.3) is 11.8 Å². The number of nitrogens with one attached hydrogen (secondary N) is 1. The van der Waals surface area contributed by atoms with Crippen LogP contribution in [0.25, 0.3) is 5.57 Å². The predicted octanol–water partition coefficient (Wildman–Crippen LogP) is 4.63. The zero-order valence-electron chi connectivity index (χ0n) is 17.6. The van der Waals surface area contributed by atoms with Crippen LogP contribution >= 0.6 is 0 Å². The van der Waals surface area contributed by atoms with Crippen LogP contribution in [-0.4, -0.2) is 25.5 Å². The van der Waals surface area contributed by atoms with Crippen molar-refractivity contribution in [2.45, 2.75) is 6.92 Å². The summed E-state index contributed by atoms with van der Waals surface area (Å²) in [6, 6.07) is 19.2. The number of amides is 2. The SMILES string of the molecule is CCOc1ccc(N2C(=O)C(Nc3ccc(F)cc3)=C(c3ccccc3OC)C2=O)cc1. The van der Waals surface area contributed by atoms with E-state index >= 15 is 0 Å². The molecule has 0 radical (unpaired) electrons. The molecule has 1 N–H and O–H groups in total. The molecule has 1 aliphatic rings. The number of ether oxygens (including phenoxy) is 2. The van der Waals surface area contributed by atoms with Crippen molar-refractivity contribution in [1.82, 2.24) is 0 Å². The summed E-state index contributed by atoms with van der Waals surface area (Å²) in [6.07, 6.45) is 0. The quantitative estimate of drug-likeness (QED) is 0.552. The van der Waals surface area contributed by atoms with Gasteiger partial charge in [-0.2, -0.15) is 0 Å². The van der Waals surface area contributed by atoms with Crippen molar-refractivity contribution in [3.05, 3.63) is 89.9 Å². The number of benzene rings is 3. The molecule has 7 heteroatoms. The summed E-state index contributed by atoms with van der Waals surface area (Å²) in [4.78, 5) is 28.0. The van der Waals surface area contributed by atoms with Crippen LogP contribution in [0.2, 0.25) is 0 Å². The van der Waals surface area contributed by atoms with Crippen LogP contribution in [-0.2, 0) is 9.59 Å². The van der Waals surface area contributed by atoms with Gasteiger partial charge in [0.15, 0.2) is 0 Å².